The standard InChI is InChI=1S/C13H18ClN3S/c1-7(2)6-15-13-16-11(14)9-5-10(8(3)4)18-12(9)17-13/h5,7-8H,6H2,1-4H3,(H,15,16,17). The van der Waals surface area contributed by atoms with Gasteiger partial charge in [0.1, 0.15) is 9.98 Å². The molecule has 3 nitrogen and oxygen atoms in total. The molecule has 2 heterocycles. The van der Waals surface area contributed by atoms with Crippen LogP contribution >= 0.6 is 22.9 Å². The highest BCUT2D eigenvalue weighted by molar-refractivity contribution is 7.18. The first-order valence-electron chi connectivity index (χ1n) is 6.18. The molecule has 0 unspecified atom stereocenters. The first-order chi connectivity index (χ1) is 8.47. The Morgan fingerprint density at radius 3 is 2.61 bits per heavy atom. The van der Waals surface area contributed by atoms with Crippen LogP contribution in [0.15, 0.2) is 6.07 Å². The molecule has 2 rings (SSSR count). The molecule has 0 saturated heterocycles. The molecule has 0 aliphatic heterocycles. The van der Waals surface area contributed by atoms with Crippen LogP contribution in [0.3, 0.4) is 0 Å². The second-order valence-corrected chi connectivity index (χ2v) is 6.56. The zero-order chi connectivity index (χ0) is 13.3. The van der Waals surface area contributed by atoms with Crippen LogP contribution in [-0.2, 0) is 0 Å². The zero-order valence-electron chi connectivity index (χ0n) is 11.1. The first kappa shape index (κ1) is 13.6. The minimum Gasteiger partial charge on any atom is -0.354 e. The monoisotopic (exact) mass is 283 g/mol. The lowest BCUT2D eigenvalue weighted by Gasteiger charge is -2.07. The fourth-order valence-corrected chi connectivity index (χ4v) is 2.88. The van der Waals surface area contributed by atoms with Gasteiger partial charge in [-0.3, -0.25) is 0 Å². The molecule has 18 heavy (non-hydrogen) atoms. The van der Waals surface area contributed by atoms with Crippen LogP contribution in [0.4, 0.5) is 5.95 Å². The van der Waals surface area contributed by atoms with Crippen LogP contribution in [0.2, 0.25) is 5.15 Å². The van der Waals surface area contributed by atoms with Crippen molar-refractivity contribution in [1.29, 1.82) is 0 Å². The number of fused-ring (bicyclic) bond motifs is 1. The molecule has 0 amide bonds. The Morgan fingerprint density at radius 1 is 1.28 bits per heavy atom. The molecular weight excluding hydrogens is 266 g/mol. The van der Waals surface area contributed by atoms with E-state index in [2.05, 4.69) is 49.0 Å². The Kier molecular flexibility index (Phi) is 4.07. The fourth-order valence-electron chi connectivity index (χ4n) is 1.56. The molecule has 0 atom stereocenters. The Balaban J connectivity index is 2.35. The number of rotatable bonds is 4. The van der Waals surface area contributed by atoms with E-state index in [9.17, 15) is 0 Å². The number of hydrogen-bond donors (Lipinski definition) is 1. The molecule has 0 fully saturated rings. The summed E-state index contributed by atoms with van der Waals surface area (Å²) in [5, 5.41) is 4.71. The number of nitrogens with one attached hydrogen (secondary N) is 1. The summed E-state index contributed by atoms with van der Waals surface area (Å²) < 4.78 is 0. The lowest BCUT2D eigenvalue weighted by atomic mass is 10.2. The number of anilines is 1. The topological polar surface area (TPSA) is 37.8 Å². The van der Waals surface area contributed by atoms with Gasteiger partial charge in [0, 0.05) is 16.8 Å². The Hall–Kier alpha value is -0.870. The van der Waals surface area contributed by atoms with E-state index in [0.717, 1.165) is 16.8 Å². The van der Waals surface area contributed by atoms with E-state index < -0.39 is 0 Å². The Labute approximate surface area is 117 Å². The van der Waals surface area contributed by atoms with Gasteiger partial charge in [0.15, 0.2) is 0 Å². The van der Waals surface area contributed by atoms with E-state index in [1.54, 1.807) is 11.3 Å². The van der Waals surface area contributed by atoms with E-state index in [-0.39, 0.29) is 0 Å². The third-order valence-corrected chi connectivity index (χ3v) is 4.22. The van der Waals surface area contributed by atoms with Gasteiger partial charge >= 0.3 is 0 Å². The predicted octanol–water partition coefficient (Wildman–Crippen LogP) is 4.54. The summed E-state index contributed by atoms with van der Waals surface area (Å²) in [6.45, 7) is 9.49. The maximum absolute atomic E-state index is 6.21. The molecule has 0 aliphatic carbocycles. The molecule has 0 radical (unpaired) electrons. The second kappa shape index (κ2) is 5.41. The Bertz CT molecular complexity index is 548. The van der Waals surface area contributed by atoms with Crippen molar-refractivity contribution in [1.82, 2.24) is 9.97 Å². The third-order valence-electron chi connectivity index (χ3n) is 2.60. The van der Waals surface area contributed by atoms with Crippen LogP contribution < -0.4 is 5.32 Å². The summed E-state index contributed by atoms with van der Waals surface area (Å²) in [4.78, 5) is 11.1. The summed E-state index contributed by atoms with van der Waals surface area (Å²) in [6.07, 6.45) is 0. The van der Waals surface area contributed by atoms with Gasteiger partial charge in [-0.05, 0) is 17.9 Å². The number of halogens is 1. The Morgan fingerprint density at radius 2 is 2.00 bits per heavy atom. The number of hydrogen-bond acceptors (Lipinski definition) is 4. The van der Waals surface area contributed by atoms with Crippen molar-refractivity contribution in [3.8, 4) is 0 Å². The van der Waals surface area contributed by atoms with Crippen LogP contribution in [-0.4, -0.2) is 16.5 Å². The van der Waals surface area contributed by atoms with Gasteiger partial charge in [-0.25, -0.2) is 9.97 Å². The van der Waals surface area contributed by atoms with Crippen LogP contribution in [0.25, 0.3) is 10.2 Å². The maximum atomic E-state index is 6.21. The lowest BCUT2D eigenvalue weighted by Crippen LogP contribution is -2.10. The molecule has 5 heteroatoms. The maximum Gasteiger partial charge on any atom is 0.225 e. The summed E-state index contributed by atoms with van der Waals surface area (Å²) in [7, 11) is 0. The second-order valence-electron chi connectivity index (χ2n) is 5.14. The minimum absolute atomic E-state index is 0.493. The summed E-state index contributed by atoms with van der Waals surface area (Å²) >= 11 is 7.90. The van der Waals surface area contributed by atoms with Crippen molar-refractivity contribution in [3.63, 3.8) is 0 Å². The molecule has 0 aliphatic rings. The van der Waals surface area contributed by atoms with E-state index in [0.29, 0.717) is 22.9 Å². The van der Waals surface area contributed by atoms with Gasteiger partial charge in [0.25, 0.3) is 0 Å². The third kappa shape index (κ3) is 2.93. The molecule has 2 aromatic heterocycles. The quantitative estimate of drug-likeness (QED) is 0.838. The number of thiophene rings is 1. The van der Waals surface area contributed by atoms with Crippen molar-refractivity contribution in [3.05, 3.63) is 16.1 Å². The molecule has 0 bridgehead atoms. The first-order valence-corrected chi connectivity index (χ1v) is 7.37. The van der Waals surface area contributed by atoms with Crippen molar-refractivity contribution >= 4 is 39.1 Å². The van der Waals surface area contributed by atoms with Gasteiger partial charge < -0.3 is 5.32 Å². The highest BCUT2D eigenvalue weighted by Crippen LogP contribution is 2.33. The van der Waals surface area contributed by atoms with Gasteiger partial charge in [0.05, 0.1) is 0 Å². The van der Waals surface area contributed by atoms with Crippen LogP contribution in [0, 0.1) is 5.92 Å². The van der Waals surface area contributed by atoms with Crippen molar-refractivity contribution in [2.75, 3.05) is 11.9 Å². The number of nitrogens with zero attached hydrogens (tertiary/aromatic N) is 2. The van der Waals surface area contributed by atoms with E-state index >= 15 is 0 Å². The smallest absolute Gasteiger partial charge is 0.225 e. The summed E-state index contributed by atoms with van der Waals surface area (Å²) in [5.41, 5.74) is 0. The summed E-state index contributed by atoms with van der Waals surface area (Å²) in [6, 6.07) is 2.10. The van der Waals surface area contributed by atoms with Gasteiger partial charge in [-0.2, -0.15) is 0 Å². The summed E-state index contributed by atoms with van der Waals surface area (Å²) in [5.74, 6) is 1.67. The van der Waals surface area contributed by atoms with Crippen molar-refractivity contribution < 1.29 is 0 Å². The van der Waals surface area contributed by atoms with E-state index in [1.165, 1.54) is 4.88 Å². The van der Waals surface area contributed by atoms with Gasteiger partial charge in [0.2, 0.25) is 5.95 Å². The number of aromatic nitrogens is 2. The average Bonchev–Trinajstić information content (AvgIpc) is 2.71. The van der Waals surface area contributed by atoms with Crippen LogP contribution in [0.5, 0.6) is 0 Å². The largest absolute Gasteiger partial charge is 0.354 e. The minimum atomic E-state index is 0.493. The van der Waals surface area contributed by atoms with E-state index in [4.69, 9.17) is 11.6 Å². The zero-order valence-corrected chi connectivity index (χ0v) is 12.7. The predicted molar refractivity (Wildman–Crippen MR) is 79.8 cm³/mol. The van der Waals surface area contributed by atoms with E-state index in [1.807, 2.05) is 0 Å². The van der Waals surface area contributed by atoms with Gasteiger partial charge in [-0.1, -0.05) is 39.3 Å². The fraction of sp³-hybridized carbons (Fsp3) is 0.538. The molecular formula is C13H18ClN3S. The molecule has 0 spiro atoms. The average molecular weight is 284 g/mol. The lowest BCUT2D eigenvalue weighted by molar-refractivity contribution is 0.685. The SMILES string of the molecule is CC(C)CNc1nc(Cl)c2cc(C(C)C)sc2n1. The normalized spacial score (nSPS) is 11.7. The molecule has 1 N–H and O–H groups in total. The molecule has 98 valence electrons. The molecule has 0 saturated carbocycles. The highest BCUT2D eigenvalue weighted by atomic mass is 35.5. The van der Waals surface area contributed by atoms with Gasteiger partial charge in [-0.15, -0.1) is 11.3 Å². The molecule has 2 aromatic rings. The van der Waals surface area contributed by atoms with Crippen LogP contribution in [0.1, 0.15) is 38.5 Å². The molecule has 0 aromatic carbocycles. The van der Waals surface area contributed by atoms with Crippen molar-refractivity contribution in [2.45, 2.75) is 33.6 Å². The highest BCUT2D eigenvalue weighted by Gasteiger charge is 2.12. The van der Waals surface area contributed by atoms with Crippen molar-refractivity contribution in [2.24, 2.45) is 5.92 Å².